The standard InChI is InChI=1S/C22H16N.C14H11N2.C13H8NS.C11H6F2N.C10H8FN2.C8H6N3.C6H5NO2.C5H8O2.5Ir/c1-16-14-22(23-15-21(16)18-8-3-2-4-9-18)20-13-7-11-17-10-5-6-12-19(17)20;1-15-11-16(12-7-3-2-4-8-12)14-10-6-5-9-13(14)15;1-2-7-12-10(5-1)9-13(15-12)11-6-3-4-8-14-11;12-8-4-5-9(10(13)7-8)11-3-1-2-6-14-11;1-12-6-7-13(8-12)10-4-2-9(11)3-5-10;1-2-5-9-7(3-1)8-4-6-10-11-8;8-6(9)5-3-1-2-4-7-5;1-4(6)3-5(2)7;;;;;/h2-12,14-15H,1H3;2-7,9-10H,1H3;1-8H;1-4,6-7H;2-4,6-7H,1H3;1-6H;1-4H,(H,8,9);3,6H,1-2H3;;;;;/q6*-1;;;;;;;+3/i2D,3D,4D,8D,9D;;;;;;;;;;;;. The molecule has 17 rings (SSSR count). The van der Waals surface area contributed by atoms with E-state index in [0.717, 1.165) is 78.6 Å². The number of aryl methyl sites for hydroxylation is 3. The Bertz CT molecular complexity index is 5970. The van der Waals surface area contributed by atoms with E-state index in [0.29, 0.717) is 11.3 Å². The number of aromatic carboxylic acids is 1. The number of aliphatic hydroxyl groups is 1. The maximum atomic E-state index is 13.2. The molecule has 9 aromatic heterocycles. The predicted molar refractivity (Wildman–Crippen MR) is 414 cm³/mol. The molecule has 0 unspecified atom stereocenters. The van der Waals surface area contributed by atoms with Crippen LogP contribution in [0, 0.1) is 67.4 Å². The number of aliphatic hydroxyl groups excluding tert-OH is 1. The fourth-order valence-corrected chi connectivity index (χ4v) is 11.0. The molecule has 24 heteroatoms. The Hall–Kier alpha value is -10.7. The fourth-order valence-electron chi connectivity index (χ4n) is 10.0. The fraction of sp³-hybridized carbons (Fsp3) is 0.0562. The van der Waals surface area contributed by atoms with E-state index < -0.39 is 23.6 Å². The zero-order valence-electron chi connectivity index (χ0n) is 65.4. The largest absolute Gasteiger partial charge is 3.00 e. The molecule has 0 aliphatic rings. The molecule has 0 bridgehead atoms. The minimum Gasteiger partial charge on any atom is -0.574 e. The van der Waals surface area contributed by atoms with Gasteiger partial charge in [0.15, 0.2) is 5.78 Å². The molecule has 0 aliphatic heterocycles. The van der Waals surface area contributed by atoms with E-state index in [1.807, 2.05) is 176 Å². The van der Waals surface area contributed by atoms with E-state index in [9.17, 15) is 22.8 Å². The maximum Gasteiger partial charge on any atom is 3.00 e. The summed E-state index contributed by atoms with van der Waals surface area (Å²) in [5, 5.41) is 27.6. The second kappa shape index (κ2) is 48.3. The SMILES string of the molecule is CC(=O)C=C(C)O.Cn1[c-][n+](-c2[c-]cc(F)cc2)cc1.Cn1[c-][n+](-c2[c-]cccc2)c2ccccc21.Fc1c[c-]c(-c2ccccn2)c(F)c1.O=C(O)c1ccccn1.[2H]c1c([2H])c([2H])c(-c2cnc(-c3[c-]ccc4ccccc34)cc2C)c([2H])c1[2H].[Ir+3].[Ir].[Ir].[Ir].[Ir].[c-]1c(-c2ccccn2)sc2ccccc12.c1ccc(-c2ccn[n-]2)nc1. The van der Waals surface area contributed by atoms with Crippen LogP contribution in [0.3, 0.4) is 0 Å². The number of ketones is 1. The molecule has 0 spiro atoms. The summed E-state index contributed by atoms with van der Waals surface area (Å²) >= 11 is 1.73. The van der Waals surface area contributed by atoms with Gasteiger partial charge in [-0.05, 0) is 89.3 Å². The quantitative estimate of drug-likeness (QED) is 0.0607. The predicted octanol–water partition coefficient (Wildman–Crippen LogP) is 18.3. The first-order valence-electron chi connectivity index (χ1n) is 35.5. The number of hydrogen-bond acceptors (Lipinski definition) is 10. The summed E-state index contributed by atoms with van der Waals surface area (Å²) in [5.41, 5.74) is 10.6. The molecular weight excluding hydrogens is 2340 g/mol. The van der Waals surface area contributed by atoms with Gasteiger partial charge >= 0.3 is 26.1 Å². The number of para-hydroxylation sites is 3. The smallest absolute Gasteiger partial charge is 0.574 e. The third kappa shape index (κ3) is 28.2. The number of imidazole rings is 2. The van der Waals surface area contributed by atoms with Crippen molar-refractivity contribution in [3.8, 4) is 67.0 Å². The molecule has 0 saturated heterocycles. The van der Waals surface area contributed by atoms with E-state index in [1.54, 1.807) is 81.7 Å². The van der Waals surface area contributed by atoms with Gasteiger partial charge in [0, 0.05) is 170 Å². The number of halogens is 3. The minimum atomic E-state index is -0.990. The number of nitrogens with zero attached hydrogens (tertiary/aromatic N) is 11. The summed E-state index contributed by atoms with van der Waals surface area (Å²) in [6.07, 6.45) is 20.9. The monoisotopic (exact) mass is 2410 g/mol. The normalized spacial score (nSPS) is 10.6. The molecule has 8 aromatic carbocycles. The van der Waals surface area contributed by atoms with E-state index >= 15 is 0 Å². The molecule has 0 aliphatic carbocycles. The summed E-state index contributed by atoms with van der Waals surface area (Å²) in [5.74, 6) is -2.62. The maximum absolute atomic E-state index is 13.2. The number of pyridine rings is 5. The first-order valence-corrected chi connectivity index (χ1v) is 33.9. The van der Waals surface area contributed by atoms with Crippen LogP contribution in [0.2, 0.25) is 0 Å². The Morgan fingerprint density at radius 2 is 1.24 bits per heavy atom. The van der Waals surface area contributed by atoms with Crippen molar-refractivity contribution >= 4 is 55.0 Å². The zero-order valence-corrected chi connectivity index (χ0v) is 73.2. The van der Waals surface area contributed by atoms with Gasteiger partial charge in [-0.15, -0.1) is 77.0 Å². The van der Waals surface area contributed by atoms with Crippen molar-refractivity contribution < 1.29 is 149 Å². The average molecular weight is 2410 g/mol. The molecule has 17 aromatic rings. The molecule has 0 saturated carbocycles. The Morgan fingerprint density at radius 1 is 0.593 bits per heavy atom. The number of benzene rings is 8. The molecule has 9 heterocycles. The van der Waals surface area contributed by atoms with Gasteiger partial charge < -0.3 is 53.6 Å². The molecule has 578 valence electrons. The Labute approximate surface area is 732 Å². The third-order valence-corrected chi connectivity index (χ3v) is 16.1. The second-order valence-corrected chi connectivity index (χ2v) is 23.9. The minimum absolute atomic E-state index is 0. The van der Waals surface area contributed by atoms with Crippen LogP contribution in [0.1, 0.15) is 36.8 Å². The van der Waals surface area contributed by atoms with E-state index in [2.05, 4.69) is 108 Å². The van der Waals surface area contributed by atoms with Gasteiger partial charge in [0.25, 0.3) is 0 Å². The van der Waals surface area contributed by atoms with Crippen LogP contribution in [-0.2, 0) is 119 Å². The van der Waals surface area contributed by atoms with Crippen LogP contribution in [0.25, 0.3) is 98.9 Å². The van der Waals surface area contributed by atoms with E-state index in [4.69, 9.17) is 17.1 Å². The van der Waals surface area contributed by atoms with Crippen LogP contribution in [0.15, 0.2) is 316 Å². The van der Waals surface area contributed by atoms with Crippen molar-refractivity contribution in [3.05, 3.63) is 388 Å². The van der Waals surface area contributed by atoms with E-state index in [1.165, 1.54) is 59.9 Å². The molecular formula is C89H68F3Ir5N11O4S-3. The third-order valence-electron chi connectivity index (χ3n) is 15.0. The zero-order chi connectivity index (χ0) is 80.3. The van der Waals surface area contributed by atoms with Crippen molar-refractivity contribution in [2.45, 2.75) is 20.8 Å². The molecule has 0 fully saturated rings. The van der Waals surface area contributed by atoms with Gasteiger partial charge in [0.1, 0.15) is 5.69 Å². The molecule has 0 atom stereocenters. The molecule has 0 amide bonds. The number of thiophene rings is 1. The van der Waals surface area contributed by atoms with Gasteiger partial charge in [0.05, 0.1) is 37.7 Å². The van der Waals surface area contributed by atoms with Crippen LogP contribution in [-0.4, -0.2) is 61.1 Å². The number of hydrogen-bond donors (Lipinski definition) is 2. The summed E-state index contributed by atoms with van der Waals surface area (Å²) in [6, 6.07) is 81.4. The van der Waals surface area contributed by atoms with Crippen molar-refractivity contribution in [1.82, 2.24) is 44.3 Å². The molecule has 4 radical (unpaired) electrons. The summed E-state index contributed by atoms with van der Waals surface area (Å²) < 4.78 is 87.1. The van der Waals surface area contributed by atoms with Crippen molar-refractivity contribution in [2.24, 2.45) is 14.1 Å². The number of allylic oxidation sites excluding steroid dienone is 2. The average Bonchev–Trinajstić information content (AvgIpc) is 0.980. The number of carboxylic acid groups (broad SMARTS) is 1. The number of aromatic nitrogens is 11. The van der Waals surface area contributed by atoms with Crippen LogP contribution in [0.5, 0.6) is 0 Å². The van der Waals surface area contributed by atoms with Crippen LogP contribution < -0.4 is 14.2 Å². The Balaban J connectivity index is 0.000000247. The number of carbonyl (C=O) groups excluding carboxylic acids is 1. The summed E-state index contributed by atoms with van der Waals surface area (Å²) in [4.78, 5) is 41.8. The molecule has 15 nitrogen and oxygen atoms in total. The van der Waals surface area contributed by atoms with E-state index in [-0.39, 0.29) is 159 Å². The van der Waals surface area contributed by atoms with Crippen LogP contribution >= 0.6 is 11.3 Å². The number of rotatable bonds is 9. The van der Waals surface area contributed by atoms with Gasteiger partial charge in [-0.3, -0.25) is 22.9 Å². The first kappa shape index (κ1) is 84.8. The number of carboxylic acids is 1. The Morgan fingerprint density at radius 3 is 1.81 bits per heavy atom. The van der Waals surface area contributed by atoms with Crippen molar-refractivity contribution in [1.29, 1.82) is 0 Å². The first-order chi connectivity index (χ1) is 54.6. The molecule has 2 N–H and O–H groups in total. The summed E-state index contributed by atoms with van der Waals surface area (Å²) in [7, 11) is 3.88. The molecule has 113 heavy (non-hydrogen) atoms. The van der Waals surface area contributed by atoms with Gasteiger partial charge in [-0.25, -0.2) is 21.1 Å². The van der Waals surface area contributed by atoms with Crippen LogP contribution in [0.4, 0.5) is 13.2 Å². The van der Waals surface area contributed by atoms with Gasteiger partial charge in [0.2, 0.25) is 12.7 Å². The Kier molecular flexibility index (Phi) is 36.2. The van der Waals surface area contributed by atoms with Crippen molar-refractivity contribution in [3.63, 3.8) is 0 Å². The van der Waals surface area contributed by atoms with Gasteiger partial charge in [-0.1, -0.05) is 173 Å². The van der Waals surface area contributed by atoms with Gasteiger partial charge in [-0.2, -0.15) is 42.5 Å². The summed E-state index contributed by atoms with van der Waals surface area (Å²) in [6.45, 7) is 4.70. The number of fused-ring (bicyclic) bond motifs is 3. The van der Waals surface area contributed by atoms with Crippen molar-refractivity contribution in [2.75, 3.05) is 0 Å². The second-order valence-electron chi connectivity index (χ2n) is 22.9. The topological polar surface area (TPSA) is 184 Å². The number of carbonyl (C=O) groups is 2.